The van der Waals surface area contributed by atoms with Gasteiger partial charge in [-0.15, -0.1) is 0 Å². The van der Waals surface area contributed by atoms with Gasteiger partial charge in [-0.3, -0.25) is 14.3 Å². The molecule has 0 N–H and O–H groups in total. The summed E-state index contributed by atoms with van der Waals surface area (Å²) in [4.78, 5) is 21.8. The zero-order valence-corrected chi connectivity index (χ0v) is 20.2. The number of pyridine rings is 3. The summed E-state index contributed by atoms with van der Waals surface area (Å²) < 4.78 is 65.6. The van der Waals surface area contributed by atoms with Crippen LogP contribution in [0, 0.1) is 18.6 Å². The second-order valence-corrected chi connectivity index (χ2v) is 9.13. The molecule has 1 saturated carbocycles. The van der Waals surface area contributed by atoms with Crippen molar-refractivity contribution in [1.29, 1.82) is 0 Å². The maximum atomic E-state index is 13.5. The van der Waals surface area contributed by atoms with Crippen molar-refractivity contribution in [3.05, 3.63) is 105 Å². The Balaban J connectivity index is 0.000000342. The molecule has 0 aliphatic heterocycles. The van der Waals surface area contributed by atoms with Crippen LogP contribution in [0.2, 0.25) is 0 Å². The summed E-state index contributed by atoms with van der Waals surface area (Å²) in [7, 11) is 0. The van der Waals surface area contributed by atoms with E-state index >= 15 is 0 Å². The molecule has 1 aliphatic rings. The maximum Gasteiger partial charge on any atom is 0.418 e. The van der Waals surface area contributed by atoms with Crippen LogP contribution < -0.4 is 5.56 Å². The van der Waals surface area contributed by atoms with Gasteiger partial charge in [0, 0.05) is 28.9 Å². The summed E-state index contributed by atoms with van der Waals surface area (Å²) in [5.41, 5.74) is 0.512. The SMILES string of the molecule is Cc1ccc2cc(C3CCCCC3)c(=O)n(Cc3ncccc3C(F)(F)F)c2n1.Fc1cccc(F)c1. The molecule has 0 saturated heterocycles. The lowest BCUT2D eigenvalue weighted by molar-refractivity contribution is -0.138. The van der Waals surface area contributed by atoms with E-state index in [1.165, 1.54) is 35.0 Å². The molecule has 0 amide bonds. The first-order valence-corrected chi connectivity index (χ1v) is 12.1. The standard InChI is InChI=1S/C22H22F3N3O.C6H4F2/c1-14-9-10-16-12-17(15-6-3-2-4-7-15)21(29)28(20(16)27-14)13-19-18(22(23,24)25)8-5-11-26-19;7-5-2-1-3-6(8)4-5/h5,8-12,15H,2-4,6-7,13H2,1H3;1-4H. The van der Waals surface area contributed by atoms with Gasteiger partial charge in [-0.1, -0.05) is 25.3 Å². The molecule has 9 heteroatoms. The Morgan fingerprint density at radius 3 is 2.27 bits per heavy atom. The molecule has 1 aliphatic carbocycles. The summed E-state index contributed by atoms with van der Waals surface area (Å²) in [6.07, 6.45) is 1.92. The third kappa shape index (κ3) is 6.39. The number of halogens is 5. The molecule has 1 aromatic carbocycles. The molecule has 194 valence electrons. The largest absolute Gasteiger partial charge is 0.418 e. The molecule has 5 rings (SSSR count). The van der Waals surface area contributed by atoms with E-state index in [-0.39, 0.29) is 23.7 Å². The fourth-order valence-electron chi connectivity index (χ4n) is 4.65. The highest BCUT2D eigenvalue weighted by atomic mass is 19.4. The predicted molar refractivity (Wildman–Crippen MR) is 131 cm³/mol. The Hall–Kier alpha value is -3.62. The number of hydrogen-bond acceptors (Lipinski definition) is 3. The van der Waals surface area contributed by atoms with E-state index in [0.717, 1.165) is 49.6 Å². The Kier molecular flexibility index (Phi) is 8.00. The van der Waals surface area contributed by atoms with Gasteiger partial charge in [-0.25, -0.2) is 13.8 Å². The molecule has 4 nitrogen and oxygen atoms in total. The Labute approximate surface area is 210 Å². The number of aromatic nitrogens is 3. The molecular weight excluding hydrogens is 489 g/mol. The molecular formula is C28H26F5N3O. The average Bonchev–Trinajstić information content (AvgIpc) is 2.86. The average molecular weight is 516 g/mol. The van der Waals surface area contributed by atoms with Crippen molar-refractivity contribution in [2.45, 2.75) is 57.7 Å². The number of alkyl halides is 3. The first-order valence-electron chi connectivity index (χ1n) is 12.1. The summed E-state index contributed by atoms with van der Waals surface area (Å²) >= 11 is 0. The second-order valence-electron chi connectivity index (χ2n) is 9.13. The van der Waals surface area contributed by atoms with Gasteiger partial charge in [0.2, 0.25) is 0 Å². The Bertz CT molecular complexity index is 1420. The van der Waals surface area contributed by atoms with Crippen molar-refractivity contribution in [2.24, 2.45) is 0 Å². The summed E-state index contributed by atoms with van der Waals surface area (Å²) in [5.74, 6) is -0.936. The lowest BCUT2D eigenvalue weighted by atomic mass is 9.84. The summed E-state index contributed by atoms with van der Waals surface area (Å²) in [6, 6.07) is 12.4. The van der Waals surface area contributed by atoms with E-state index in [4.69, 9.17) is 0 Å². The molecule has 0 radical (unpaired) electrons. The van der Waals surface area contributed by atoms with Crippen LogP contribution in [0.25, 0.3) is 11.0 Å². The van der Waals surface area contributed by atoms with Crippen LogP contribution in [0.15, 0.2) is 65.6 Å². The lowest BCUT2D eigenvalue weighted by Gasteiger charge is -2.23. The molecule has 0 atom stereocenters. The van der Waals surface area contributed by atoms with E-state index in [0.29, 0.717) is 16.9 Å². The quantitative estimate of drug-likeness (QED) is 0.272. The van der Waals surface area contributed by atoms with E-state index < -0.39 is 23.4 Å². The van der Waals surface area contributed by atoms with Crippen LogP contribution in [0.4, 0.5) is 22.0 Å². The molecule has 0 unspecified atom stereocenters. The van der Waals surface area contributed by atoms with Gasteiger partial charge in [0.1, 0.15) is 17.3 Å². The monoisotopic (exact) mass is 515 g/mol. The third-order valence-corrected chi connectivity index (χ3v) is 6.44. The lowest BCUT2D eigenvalue weighted by Crippen LogP contribution is -2.29. The highest BCUT2D eigenvalue weighted by Crippen LogP contribution is 2.33. The van der Waals surface area contributed by atoms with Crippen molar-refractivity contribution < 1.29 is 22.0 Å². The summed E-state index contributed by atoms with van der Waals surface area (Å²) in [5, 5.41) is 0.764. The minimum Gasteiger partial charge on any atom is -0.286 e. The fourth-order valence-corrected chi connectivity index (χ4v) is 4.65. The molecule has 3 aromatic heterocycles. The van der Waals surface area contributed by atoms with E-state index in [2.05, 4.69) is 9.97 Å². The molecule has 0 spiro atoms. The van der Waals surface area contributed by atoms with Gasteiger partial charge in [0.15, 0.2) is 0 Å². The van der Waals surface area contributed by atoms with Crippen LogP contribution in [-0.4, -0.2) is 14.5 Å². The van der Waals surface area contributed by atoms with Gasteiger partial charge in [-0.2, -0.15) is 13.2 Å². The van der Waals surface area contributed by atoms with E-state index in [1.54, 1.807) is 6.92 Å². The molecule has 4 aromatic rings. The fraction of sp³-hybridized carbons (Fsp3) is 0.321. The highest BCUT2D eigenvalue weighted by Gasteiger charge is 2.34. The van der Waals surface area contributed by atoms with Gasteiger partial charge in [-0.05, 0) is 68.1 Å². The van der Waals surface area contributed by atoms with E-state index in [9.17, 15) is 26.7 Å². The number of nitrogens with zero attached hydrogens (tertiary/aromatic N) is 3. The Morgan fingerprint density at radius 2 is 1.65 bits per heavy atom. The van der Waals surface area contributed by atoms with Gasteiger partial charge in [0.25, 0.3) is 5.56 Å². The van der Waals surface area contributed by atoms with Crippen LogP contribution in [0.3, 0.4) is 0 Å². The van der Waals surface area contributed by atoms with Crippen LogP contribution >= 0.6 is 0 Å². The van der Waals surface area contributed by atoms with Crippen molar-refractivity contribution in [2.75, 3.05) is 0 Å². The van der Waals surface area contributed by atoms with Crippen LogP contribution in [0.1, 0.15) is 60.5 Å². The van der Waals surface area contributed by atoms with E-state index in [1.807, 2.05) is 18.2 Å². The van der Waals surface area contributed by atoms with Crippen LogP contribution in [-0.2, 0) is 12.7 Å². The normalized spacial score (nSPS) is 14.3. The minimum atomic E-state index is -4.53. The number of hydrogen-bond donors (Lipinski definition) is 0. The molecule has 0 bridgehead atoms. The predicted octanol–water partition coefficient (Wildman–Crippen LogP) is 7.18. The summed E-state index contributed by atoms with van der Waals surface area (Å²) in [6.45, 7) is 1.53. The van der Waals surface area contributed by atoms with Crippen molar-refractivity contribution in [3.63, 3.8) is 0 Å². The second kappa shape index (κ2) is 11.2. The Morgan fingerprint density at radius 1 is 0.946 bits per heavy atom. The highest BCUT2D eigenvalue weighted by molar-refractivity contribution is 5.76. The van der Waals surface area contributed by atoms with Gasteiger partial charge >= 0.3 is 6.18 Å². The smallest absolute Gasteiger partial charge is 0.286 e. The molecule has 1 fully saturated rings. The minimum absolute atomic E-state index is 0.138. The first kappa shape index (κ1) is 26.4. The number of fused-ring (bicyclic) bond motifs is 1. The zero-order chi connectivity index (χ0) is 26.6. The number of rotatable bonds is 3. The van der Waals surface area contributed by atoms with Crippen molar-refractivity contribution in [1.82, 2.24) is 14.5 Å². The molecule has 3 heterocycles. The maximum absolute atomic E-state index is 13.5. The number of benzene rings is 1. The topological polar surface area (TPSA) is 47.8 Å². The van der Waals surface area contributed by atoms with Crippen molar-refractivity contribution >= 4 is 11.0 Å². The van der Waals surface area contributed by atoms with Crippen LogP contribution in [0.5, 0.6) is 0 Å². The van der Waals surface area contributed by atoms with Gasteiger partial charge < -0.3 is 0 Å². The first-order chi connectivity index (χ1) is 17.6. The number of aryl methyl sites for hydroxylation is 1. The van der Waals surface area contributed by atoms with Crippen molar-refractivity contribution in [3.8, 4) is 0 Å². The molecule has 37 heavy (non-hydrogen) atoms. The third-order valence-electron chi connectivity index (χ3n) is 6.44. The zero-order valence-electron chi connectivity index (χ0n) is 20.2. The van der Waals surface area contributed by atoms with Gasteiger partial charge in [0.05, 0.1) is 17.8 Å².